The third-order valence-electron chi connectivity index (χ3n) is 4.14. The van der Waals surface area contributed by atoms with E-state index in [1.165, 1.54) is 23.1 Å². The Morgan fingerprint density at radius 3 is 2.62 bits per heavy atom. The molecule has 3 rings (SSSR count). The second-order valence-electron chi connectivity index (χ2n) is 5.63. The minimum absolute atomic E-state index is 0.809. The predicted molar refractivity (Wildman–Crippen MR) is 90.2 cm³/mol. The van der Waals surface area contributed by atoms with Crippen molar-refractivity contribution in [2.75, 3.05) is 13.1 Å². The SMILES string of the molecule is Clc1ccc(CCCN2CCc3c(Cl)cccc3C2)cc1. The van der Waals surface area contributed by atoms with E-state index in [0.717, 1.165) is 42.5 Å². The molecule has 21 heavy (non-hydrogen) atoms. The van der Waals surface area contributed by atoms with Crippen LogP contribution in [0.25, 0.3) is 0 Å². The molecule has 1 nitrogen and oxygen atoms in total. The smallest absolute Gasteiger partial charge is 0.0441 e. The van der Waals surface area contributed by atoms with Crippen LogP contribution in [-0.2, 0) is 19.4 Å². The van der Waals surface area contributed by atoms with Crippen LogP contribution in [0.15, 0.2) is 42.5 Å². The van der Waals surface area contributed by atoms with Crippen LogP contribution in [0.2, 0.25) is 10.0 Å². The van der Waals surface area contributed by atoms with Crippen LogP contribution in [0, 0.1) is 0 Å². The van der Waals surface area contributed by atoms with E-state index in [0.29, 0.717) is 0 Å². The lowest BCUT2D eigenvalue weighted by molar-refractivity contribution is 0.251. The molecule has 110 valence electrons. The molecular formula is C18H19Cl2N. The van der Waals surface area contributed by atoms with E-state index in [1.54, 1.807) is 0 Å². The summed E-state index contributed by atoms with van der Waals surface area (Å²) < 4.78 is 0. The lowest BCUT2D eigenvalue weighted by Gasteiger charge is -2.29. The molecule has 0 unspecified atom stereocenters. The zero-order chi connectivity index (χ0) is 14.7. The fourth-order valence-electron chi connectivity index (χ4n) is 2.97. The molecule has 0 aliphatic carbocycles. The largest absolute Gasteiger partial charge is 0.299 e. The third kappa shape index (κ3) is 3.79. The highest BCUT2D eigenvalue weighted by molar-refractivity contribution is 6.31. The zero-order valence-electron chi connectivity index (χ0n) is 12.0. The summed E-state index contributed by atoms with van der Waals surface area (Å²) in [5, 5.41) is 1.73. The molecule has 2 aromatic carbocycles. The maximum Gasteiger partial charge on any atom is 0.0441 e. The van der Waals surface area contributed by atoms with Crippen LogP contribution >= 0.6 is 23.2 Å². The Balaban J connectivity index is 1.52. The molecule has 0 saturated carbocycles. The number of hydrogen-bond acceptors (Lipinski definition) is 1. The normalized spacial score (nSPS) is 15.0. The number of halogens is 2. The summed E-state index contributed by atoms with van der Waals surface area (Å²) in [4.78, 5) is 2.52. The van der Waals surface area contributed by atoms with Gasteiger partial charge in [0, 0.05) is 23.1 Å². The summed E-state index contributed by atoms with van der Waals surface area (Å²) in [5.41, 5.74) is 4.09. The summed E-state index contributed by atoms with van der Waals surface area (Å²) in [6.07, 6.45) is 3.35. The van der Waals surface area contributed by atoms with Crippen molar-refractivity contribution in [1.82, 2.24) is 4.90 Å². The summed E-state index contributed by atoms with van der Waals surface area (Å²) in [7, 11) is 0. The Hall–Kier alpha value is -1.02. The Bertz CT molecular complexity index is 607. The second kappa shape index (κ2) is 6.83. The highest BCUT2D eigenvalue weighted by Crippen LogP contribution is 2.26. The molecule has 0 aromatic heterocycles. The molecule has 0 radical (unpaired) electrons. The molecule has 0 fully saturated rings. The van der Waals surface area contributed by atoms with E-state index in [1.807, 2.05) is 18.2 Å². The number of benzene rings is 2. The monoisotopic (exact) mass is 319 g/mol. The second-order valence-corrected chi connectivity index (χ2v) is 6.48. The number of fused-ring (bicyclic) bond motifs is 1. The van der Waals surface area contributed by atoms with Crippen molar-refractivity contribution < 1.29 is 0 Å². The molecule has 1 aliphatic rings. The van der Waals surface area contributed by atoms with Gasteiger partial charge in [-0.1, -0.05) is 47.5 Å². The van der Waals surface area contributed by atoms with Gasteiger partial charge in [-0.25, -0.2) is 0 Å². The van der Waals surface area contributed by atoms with Gasteiger partial charge < -0.3 is 0 Å². The summed E-state index contributed by atoms with van der Waals surface area (Å²) in [6.45, 7) is 3.27. The van der Waals surface area contributed by atoms with Crippen LogP contribution in [0.1, 0.15) is 23.1 Å². The first kappa shape index (κ1) is 14.9. The maximum absolute atomic E-state index is 6.26. The molecular weight excluding hydrogens is 301 g/mol. The van der Waals surface area contributed by atoms with Gasteiger partial charge in [-0.05, 0) is 60.7 Å². The van der Waals surface area contributed by atoms with E-state index in [4.69, 9.17) is 23.2 Å². The highest BCUT2D eigenvalue weighted by atomic mass is 35.5. The van der Waals surface area contributed by atoms with E-state index < -0.39 is 0 Å². The van der Waals surface area contributed by atoms with Gasteiger partial charge in [0.1, 0.15) is 0 Å². The van der Waals surface area contributed by atoms with Crippen LogP contribution in [-0.4, -0.2) is 18.0 Å². The first-order valence-corrected chi connectivity index (χ1v) is 8.21. The summed E-state index contributed by atoms with van der Waals surface area (Å²) in [6, 6.07) is 14.4. The first-order chi connectivity index (χ1) is 10.2. The molecule has 0 amide bonds. The molecule has 2 aromatic rings. The van der Waals surface area contributed by atoms with Crippen LogP contribution < -0.4 is 0 Å². The topological polar surface area (TPSA) is 3.24 Å². The van der Waals surface area contributed by atoms with Crippen LogP contribution in [0.3, 0.4) is 0 Å². The lowest BCUT2D eigenvalue weighted by atomic mass is 9.99. The van der Waals surface area contributed by atoms with Gasteiger partial charge in [-0.3, -0.25) is 4.90 Å². The minimum atomic E-state index is 0.809. The van der Waals surface area contributed by atoms with Gasteiger partial charge in [0.2, 0.25) is 0 Å². The van der Waals surface area contributed by atoms with E-state index in [2.05, 4.69) is 29.2 Å². The van der Waals surface area contributed by atoms with Gasteiger partial charge in [-0.15, -0.1) is 0 Å². The van der Waals surface area contributed by atoms with Gasteiger partial charge in [-0.2, -0.15) is 0 Å². The van der Waals surface area contributed by atoms with Crippen molar-refractivity contribution >= 4 is 23.2 Å². The fourth-order valence-corrected chi connectivity index (χ4v) is 3.38. The van der Waals surface area contributed by atoms with Crippen molar-refractivity contribution in [3.05, 3.63) is 69.2 Å². The highest BCUT2D eigenvalue weighted by Gasteiger charge is 2.17. The number of nitrogens with zero attached hydrogens (tertiary/aromatic N) is 1. The molecule has 0 N–H and O–H groups in total. The van der Waals surface area contributed by atoms with Gasteiger partial charge in [0.15, 0.2) is 0 Å². The summed E-state index contributed by atoms with van der Waals surface area (Å²) in [5.74, 6) is 0. The van der Waals surface area contributed by atoms with Gasteiger partial charge in [0.25, 0.3) is 0 Å². The van der Waals surface area contributed by atoms with E-state index >= 15 is 0 Å². The van der Waals surface area contributed by atoms with Crippen molar-refractivity contribution in [2.24, 2.45) is 0 Å². The van der Waals surface area contributed by atoms with Gasteiger partial charge in [0.05, 0.1) is 0 Å². The maximum atomic E-state index is 6.26. The zero-order valence-corrected chi connectivity index (χ0v) is 13.5. The number of aryl methyl sites for hydroxylation is 1. The van der Waals surface area contributed by atoms with Crippen molar-refractivity contribution in [3.63, 3.8) is 0 Å². The van der Waals surface area contributed by atoms with Crippen molar-refractivity contribution in [3.8, 4) is 0 Å². The lowest BCUT2D eigenvalue weighted by Crippen LogP contribution is -2.31. The van der Waals surface area contributed by atoms with Crippen LogP contribution in [0.5, 0.6) is 0 Å². The van der Waals surface area contributed by atoms with Crippen LogP contribution in [0.4, 0.5) is 0 Å². The molecule has 3 heteroatoms. The first-order valence-electron chi connectivity index (χ1n) is 7.45. The Kier molecular flexibility index (Phi) is 4.84. The molecule has 0 atom stereocenters. The summed E-state index contributed by atoms with van der Waals surface area (Å²) >= 11 is 12.2. The fraction of sp³-hybridized carbons (Fsp3) is 0.333. The molecule has 0 spiro atoms. The Morgan fingerprint density at radius 1 is 1.00 bits per heavy atom. The molecule has 1 aliphatic heterocycles. The third-order valence-corrected chi connectivity index (χ3v) is 4.75. The predicted octanol–water partition coefficient (Wildman–Crippen LogP) is 4.98. The Labute approximate surface area is 136 Å². The minimum Gasteiger partial charge on any atom is -0.299 e. The quantitative estimate of drug-likeness (QED) is 0.767. The van der Waals surface area contributed by atoms with E-state index in [-0.39, 0.29) is 0 Å². The van der Waals surface area contributed by atoms with E-state index in [9.17, 15) is 0 Å². The standard InChI is InChI=1S/C18H19Cl2N/c19-16-8-6-14(7-9-16)3-2-11-21-12-10-17-15(13-21)4-1-5-18(17)20/h1,4-9H,2-3,10-13H2. The molecule has 0 saturated heterocycles. The Morgan fingerprint density at radius 2 is 1.81 bits per heavy atom. The molecule has 0 bridgehead atoms. The van der Waals surface area contributed by atoms with Gasteiger partial charge >= 0.3 is 0 Å². The average Bonchev–Trinajstić information content (AvgIpc) is 2.49. The van der Waals surface area contributed by atoms with Crippen molar-refractivity contribution in [2.45, 2.75) is 25.8 Å². The number of hydrogen-bond donors (Lipinski definition) is 0. The average molecular weight is 320 g/mol. The van der Waals surface area contributed by atoms with Crippen molar-refractivity contribution in [1.29, 1.82) is 0 Å². The molecule has 1 heterocycles. The number of rotatable bonds is 4.